The Morgan fingerprint density at radius 2 is 2.05 bits per heavy atom. The molecule has 0 heterocycles. The fourth-order valence-corrected chi connectivity index (χ4v) is 2.52. The number of phosphoric acid groups is 1. The van der Waals surface area contributed by atoms with Crippen LogP contribution in [-0.4, -0.2) is 26.3 Å². The van der Waals surface area contributed by atoms with Gasteiger partial charge in [0.05, 0.1) is 11.6 Å². The van der Waals surface area contributed by atoms with Crippen molar-refractivity contribution < 1.29 is 27.7 Å². The molecule has 1 rings (SSSR count). The van der Waals surface area contributed by atoms with Crippen LogP contribution in [0.25, 0.3) is 0 Å². The van der Waals surface area contributed by atoms with E-state index in [0.29, 0.717) is 5.02 Å². The van der Waals surface area contributed by atoms with E-state index in [4.69, 9.17) is 32.2 Å². The maximum atomic E-state index is 12.1. The number of esters is 1. The Bertz CT molecular complexity index is 522. The molecule has 1 aromatic rings. The molecule has 1 atom stereocenters. The Labute approximate surface area is 126 Å². The van der Waals surface area contributed by atoms with Gasteiger partial charge in [-0.1, -0.05) is 23.2 Å². The maximum absolute atomic E-state index is 12.1. The Morgan fingerprint density at radius 1 is 1.35 bits per heavy atom. The molecule has 1 aromatic carbocycles. The van der Waals surface area contributed by atoms with Crippen molar-refractivity contribution in [3.8, 4) is 5.75 Å². The standard InChI is InChI=1S/C11H13Cl2O6P/c1-3-17-11(14)7-18-20(15,16-2)19-10-5-4-8(12)6-9(10)13/h4-6H,3,7H2,1-2H3. The van der Waals surface area contributed by atoms with Gasteiger partial charge in [-0.05, 0) is 25.1 Å². The first-order valence-electron chi connectivity index (χ1n) is 5.50. The summed E-state index contributed by atoms with van der Waals surface area (Å²) in [4.78, 5) is 11.1. The van der Waals surface area contributed by atoms with Gasteiger partial charge in [0.15, 0.2) is 6.61 Å². The second-order valence-corrected chi connectivity index (χ2v) is 5.92. The fraction of sp³-hybridized carbons (Fsp3) is 0.364. The lowest BCUT2D eigenvalue weighted by atomic mass is 10.3. The summed E-state index contributed by atoms with van der Waals surface area (Å²) in [6.07, 6.45) is 0. The molecule has 0 aliphatic heterocycles. The minimum atomic E-state index is -3.97. The highest BCUT2D eigenvalue weighted by atomic mass is 35.5. The average molecular weight is 343 g/mol. The molecular formula is C11H13Cl2O6P. The molecule has 0 spiro atoms. The molecule has 0 radical (unpaired) electrons. The number of hydrogen-bond donors (Lipinski definition) is 0. The molecule has 0 fully saturated rings. The van der Waals surface area contributed by atoms with Gasteiger partial charge in [-0.2, -0.15) is 0 Å². The Balaban J connectivity index is 2.74. The van der Waals surface area contributed by atoms with Crippen LogP contribution >= 0.6 is 31.0 Å². The van der Waals surface area contributed by atoms with Gasteiger partial charge in [0, 0.05) is 12.1 Å². The highest BCUT2D eigenvalue weighted by Gasteiger charge is 2.29. The maximum Gasteiger partial charge on any atom is 0.530 e. The summed E-state index contributed by atoms with van der Waals surface area (Å²) in [6.45, 7) is 1.26. The largest absolute Gasteiger partial charge is 0.530 e. The summed E-state index contributed by atoms with van der Waals surface area (Å²) < 4.78 is 31.3. The van der Waals surface area contributed by atoms with Crippen LogP contribution in [0.15, 0.2) is 18.2 Å². The topological polar surface area (TPSA) is 71.1 Å². The lowest BCUT2D eigenvalue weighted by Gasteiger charge is -2.16. The van der Waals surface area contributed by atoms with E-state index in [1.807, 2.05) is 0 Å². The highest BCUT2D eigenvalue weighted by molar-refractivity contribution is 7.48. The number of phosphoric ester groups is 1. The smallest absolute Gasteiger partial charge is 0.464 e. The zero-order chi connectivity index (χ0) is 15.2. The Kier molecular flexibility index (Phi) is 6.79. The van der Waals surface area contributed by atoms with Crippen LogP contribution < -0.4 is 4.52 Å². The minimum absolute atomic E-state index is 0.0603. The first kappa shape index (κ1) is 17.3. The van der Waals surface area contributed by atoms with E-state index in [-0.39, 0.29) is 17.4 Å². The van der Waals surface area contributed by atoms with Crippen molar-refractivity contribution in [3.63, 3.8) is 0 Å². The van der Waals surface area contributed by atoms with Gasteiger partial charge in [-0.3, -0.25) is 9.05 Å². The third-order valence-electron chi connectivity index (χ3n) is 1.97. The lowest BCUT2D eigenvalue weighted by molar-refractivity contribution is -0.145. The summed E-state index contributed by atoms with van der Waals surface area (Å²) in [6, 6.07) is 4.31. The zero-order valence-electron chi connectivity index (χ0n) is 10.8. The molecule has 0 amide bonds. The molecule has 0 saturated heterocycles. The summed E-state index contributed by atoms with van der Waals surface area (Å²) in [7, 11) is -2.85. The second-order valence-electron chi connectivity index (χ2n) is 3.37. The average Bonchev–Trinajstić information content (AvgIpc) is 2.40. The zero-order valence-corrected chi connectivity index (χ0v) is 13.2. The van der Waals surface area contributed by atoms with Crippen molar-refractivity contribution in [2.75, 3.05) is 20.3 Å². The van der Waals surface area contributed by atoms with Crippen LogP contribution in [0.2, 0.25) is 10.0 Å². The first-order chi connectivity index (χ1) is 9.40. The molecule has 0 saturated carbocycles. The SMILES string of the molecule is CCOC(=O)COP(=O)(OC)Oc1ccc(Cl)cc1Cl. The minimum Gasteiger partial charge on any atom is -0.464 e. The van der Waals surface area contributed by atoms with Crippen molar-refractivity contribution in [3.05, 3.63) is 28.2 Å². The molecule has 0 aliphatic carbocycles. The van der Waals surface area contributed by atoms with Gasteiger partial charge in [-0.25, -0.2) is 9.36 Å². The van der Waals surface area contributed by atoms with Crippen molar-refractivity contribution in [1.29, 1.82) is 0 Å². The number of benzene rings is 1. The normalized spacial score (nSPS) is 13.6. The van der Waals surface area contributed by atoms with E-state index in [2.05, 4.69) is 9.26 Å². The monoisotopic (exact) mass is 342 g/mol. The summed E-state index contributed by atoms with van der Waals surface area (Å²) in [5, 5.41) is 0.525. The van der Waals surface area contributed by atoms with E-state index in [1.54, 1.807) is 6.92 Å². The van der Waals surface area contributed by atoms with Crippen LogP contribution in [0.3, 0.4) is 0 Å². The third-order valence-corrected chi connectivity index (χ3v) is 3.82. The van der Waals surface area contributed by atoms with Crippen LogP contribution in [0.1, 0.15) is 6.92 Å². The van der Waals surface area contributed by atoms with Gasteiger partial charge in [0.2, 0.25) is 0 Å². The van der Waals surface area contributed by atoms with E-state index in [9.17, 15) is 9.36 Å². The quantitative estimate of drug-likeness (QED) is 0.555. The van der Waals surface area contributed by atoms with E-state index < -0.39 is 20.4 Å². The van der Waals surface area contributed by atoms with E-state index in [0.717, 1.165) is 7.11 Å². The molecule has 0 aromatic heterocycles. The molecule has 0 N–H and O–H groups in total. The molecule has 1 unspecified atom stereocenters. The summed E-state index contributed by atoms with van der Waals surface area (Å²) >= 11 is 11.6. The van der Waals surface area contributed by atoms with Crippen LogP contribution in [0.4, 0.5) is 0 Å². The Morgan fingerprint density at radius 3 is 2.60 bits per heavy atom. The number of rotatable bonds is 7. The van der Waals surface area contributed by atoms with Crippen LogP contribution in [0, 0.1) is 0 Å². The molecule has 0 bridgehead atoms. The van der Waals surface area contributed by atoms with Crippen LogP contribution in [0.5, 0.6) is 5.75 Å². The predicted octanol–water partition coefficient (Wildman–Crippen LogP) is 3.71. The van der Waals surface area contributed by atoms with E-state index in [1.165, 1.54) is 18.2 Å². The van der Waals surface area contributed by atoms with Crippen molar-refractivity contribution in [2.45, 2.75) is 6.92 Å². The molecule has 112 valence electrons. The number of hydrogen-bond acceptors (Lipinski definition) is 6. The fourth-order valence-electron chi connectivity index (χ4n) is 1.12. The molecular weight excluding hydrogens is 330 g/mol. The molecule has 9 heteroatoms. The van der Waals surface area contributed by atoms with Gasteiger partial charge in [0.1, 0.15) is 5.75 Å². The number of halogens is 2. The van der Waals surface area contributed by atoms with E-state index >= 15 is 0 Å². The predicted molar refractivity (Wildman–Crippen MR) is 74.3 cm³/mol. The molecule has 0 aliphatic rings. The van der Waals surface area contributed by atoms with Crippen molar-refractivity contribution >= 4 is 37.0 Å². The summed E-state index contributed by atoms with van der Waals surface area (Å²) in [5.74, 6) is -0.624. The van der Waals surface area contributed by atoms with Crippen molar-refractivity contribution in [1.82, 2.24) is 0 Å². The van der Waals surface area contributed by atoms with Gasteiger partial charge in [0.25, 0.3) is 0 Å². The van der Waals surface area contributed by atoms with Crippen molar-refractivity contribution in [2.24, 2.45) is 0 Å². The third kappa shape index (κ3) is 5.31. The Hall–Kier alpha value is -0.780. The van der Waals surface area contributed by atoms with Gasteiger partial charge in [-0.15, -0.1) is 0 Å². The lowest BCUT2D eigenvalue weighted by Crippen LogP contribution is -2.13. The number of carbonyl (C=O) groups is 1. The van der Waals surface area contributed by atoms with Gasteiger partial charge >= 0.3 is 13.8 Å². The molecule has 6 nitrogen and oxygen atoms in total. The number of ether oxygens (including phenoxy) is 1. The highest BCUT2D eigenvalue weighted by Crippen LogP contribution is 2.50. The first-order valence-corrected chi connectivity index (χ1v) is 7.72. The second kappa shape index (κ2) is 7.86. The number of carbonyl (C=O) groups excluding carboxylic acids is 1. The van der Waals surface area contributed by atoms with Gasteiger partial charge < -0.3 is 9.26 Å². The molecule has 20 heavy (non-hydrogen) atoms. The summed E-state index contributed by atoms with van der Waals surface area (Å²) in [5.41, 5.74) is 0. The van der Waals surface area contributed by atoms with Crippen LogP contribution in [-0.2, 0) is 23.1 Å².